The first-order valence-corrected chi connectivity index (χ1v) is 6.73. The minimum absolute atomic E-state index is 0.0847. The van der Waals surface area contributed by atoms with Gasteiger partial charge in [0.1, 0.15) is 5.75 Å². The van der Waals surface area contributed by atoms with Gasteiger partial charge in [0.15, 0.2) is 0 Å². The molecule has 0 saturated carbocycles. The molecule has 0 fully saturated rings. The molecule has 1 aromatic carbocycles. The van der Waals surface area contributed by atoms with Crippen LogP contribution in [0.2, 0.25) is 0 Å². The second-order valence-corrected chi connectivity index (χ2v) is 4.70. The molecule has 0 N–H and O–H groups in total. The standard InChI is InChI=1S/C15H21F3O/c1-3-4-5-6-7-8-12-9-10-13(15(16,17)18)14(11-12)19-2/h9-11H,3-8H2,1-2H3. The van der Waals surface area contributed by atoms with Crippen LogP contribution in [0, 0.1) is 0 Å². The van der Waals surface area contributed by atoms with Crippen LogP contribution in [0.1, 0.15) is 50.2 Å². The first-order valence-electron chi connectivity index (χ1n) is 6.73. The lowest BCUT2D eigenvalue weighted by molar-refractivity contribution is -0.138. The molecule has 0 bridgehead atoms. The van der Waals surface area contributed by atoms with Crippen molar-refractivity contribution in [3.05, 3.63) is 29.3 Å². The summed E-state index contributed by atoms with van der Waals surface area (Å²) in [4.78, 5) is 0. The molecule has 108 valence electrons. The Hall–Kier alpha value is -1.19. The highest BCUT2D eigenvalue weighted by atomic mass is 19.4. The summed E-state index contributed by atoms with van der Waals surface area (Å²) in [5, 5.41) is 0. The van der Waals surface area contributed by atoms with E-state index < -0.39 is 11.7 Å². The fraction of sp³-hybridized carbons (Fsp3) is 0.600. The largest absolute Gasteiger partial charge is 0.496 e. The van der Waals surface area contributed by atoms with Crippen molar-refractivity contribution >= 4 is 0 Å². The van der Waals surface area contributed by atoms with Crippen LogP contribution in [0.5, 0.6) is 5.75 Å². The SMILES string of the molecule is CCCCCCCc1ccc(C(F)(F)F)c(OC)c1. The molecule has 19 heavy (non-hydrogen) atoms. The highest BCUT2D eigenvalue weighted by Gasteiger charge is 2.34. The fourth-order valence-electron chi connectivity index (χ4n) is 2.06. The van der Waals surface area contributed by atoms with Gasteiger partial charge in [-0.25, -0.2) is 0 Å². The van der Waals surface area contributed by atoms with E-state index in [-0.39, 0.29) is 5.75 Å². The summed E-state index contributed by atoms with van der Waals surface area (Å²) in [6, 6.07) is 4.16. The van der Waals surface area contributed by atoms with Crippen molar-refractivity contribution < 1.29 is 17.9 Å². The third kappa shape index (κ3) is 5.13. The van der Waals surface area contributed by atoms with Gasteiger partial charge in [-0.1, -0.05) is 38.7 Å². The van der Waals surface area contributed by atoms with Crippen molar-refractivity contribution in [2.24, 2.45) is 0 Å². The Kier molecular flexibility index (Phi) is 6.19. The molecule has 0 aromatic heterocycles. The summed E-state index contributed by atoms with van der Waals surface area (Å²) >= 11 is 0. The number of unbranched alkanes of at least 4 members (excludes halogenated alkanes) is 4. The molecule has 0 radical (unpaired) electrons. The number of hydrogen-bond acceptors (Lipinski definition) is 1. The minimum Gasteiger partial charge on any atom is -0.496 e. The molecule has 1 nitrogen and oxygen atoms in total. The molecular weight excluding hydrogens is 253 g/mol. The van der Waals surface area contributed by atoms with Crippen LogP contribution in [0.25, 0.3) is 0 Å². The van der Waals surface area contributed by atoms with E-state index >= 15 is 0 Å². The molecule has 0 aliphatic carbocycles. The van der Waals surface area contributed by atoms with Crippen molar-refractivity contribution in [2.75, 3.05) is 7.11 Å². The fourth-order valence-corrected chi connectivity index (χ4v) is 2.06. The second-order valence-electron chi connectivity index (χ2n) is 4.70. The van der Waals surface area contributed by atoms with E-state index in [9.17, 15) is 13.2 Å². The number of ether oxygens (including phenoxy) is 1. The summed E-state index contributed by atoms with van der Waals surface area (Å²) in [6.07, 6.45) is 2.17. The molecule has 0 aliphatic heterocycles. The maximum absolute atomic E-state index is 12.7. The van der Waals surface area contributed by atoms with Gasteiger partial charge in [-0.15, -0.1) is 0 Å². The second kappa shape index (κ2) is 7.41. The monoisotopic (exact) mass is 274 g/mol. The predicted molar refractivity (Wildman–Crippen MR) is 70.5 cm³/mol. The maximum atomic E-state index is 12.7. The van der Waals surface area contributed by atoms with Gasteiger partial charge in [-0.2, -0.15) is 13.2 Å². The van der Waals surface area contributed by atoms with Gasteiger partial charge in [0, 0.05) is 0 Å². The van der Waals surface area contributed by atoms with E-state index in [1.165, 1.54) is 32.4 Å². The molecule has 0 atom stereocenters. The number of hydrogen-bond donors (Lipinski definition) is 0. The molecule has 0 unspecified atom stereocenters. The average Bonchev–Trinajstić information content (AvgIpc) is 2.37. The third-order valence-corrected chi connectivity index (χ3v) is 3.14. The van der Waals surface area contributed by atoms with Crippen LogP contribution in [-0.2, 0) is 12.6 Å². The predicted octanol–water partition coefficient (Wildman–Crippen LogP) is 5.23. The Morgan fingerprint density at radius 1 is 1.05 bits per heavy atom. The van der Waals surface area contributed by atoms with Crippen LogP contribution in [0.3, 0.4) is 0 Å². The highest BCUT2D eigenvalue weighted by molar-refractivity contribution is 5.39. The summed E-state index contributed by atoms with van der Waals surface area (Å²) < 4.78 is 42.9. The van der Waals surface area contributed by atoms with Gasteiger partial charge < -0.3 is 4.74 Å². The summed E-state index contributed by atoms with van der Waals surface area (Å²) in [6.45, 7) is 2.15. The lowest BCUT2D eigenvalue weighted by Crippen LogP contribution is -2.07. The van der Waals surface area contributed by atoms with Crippen LogP contribution in [0.15, 0.2) is 18.2 Å². The average molecular weight is 274 g/mol. The zero-order chi connectivity index (χ0) is 14.3. The first-order chi connectivity index (χ1) is 8.99. The van der Waals surface area contributed by atoms with Gasteiger partial charge >= 0.3 is 6.18 Å². The molecule has 4 heteroatoms. The van der Waals surface area contributed by atoms with Gasteiger partial charge in [0.2, 0.25) is 0 Å². The lowest BCUT2D eigenvalue weighted by Gasteiger charge is -2.13. The van der Waals surface area contributed by atoms with E-state index in [2.05, 4.69) is 6.92 Å². The van der Waals surface area contributed by atoms with Crippen molar-refractivity contribution in [3.8, 4) is 5.75 Å². The number of rotatable bonds is 7. The van der Waals surface area contributed by atoms with E-state index in [0.717, 1.165) is 30.9 Å². The first kappa shape index (κ1) is 15.9. The Morgan fingerprint density at radius 2 is 1.74 bits per heavy atom. The molecule has 0 heterocycles. The van der Waals surface area contributed by atoms with Gasteiger partial charge in [0.25, 0.3) is 0 Å². The highest BCUT2D eigenvalue weighted by Crippen LogP contribution is 2.36. The molecule has 0 spiro atoms. The molecular formula is C15H21F3O. The lowest BCUT2D eigenvalue weighted by atomic mass is 10.0. The zero-order valence-electron chi connectivity index (χ0n) is 11.5. The molecule has 0 saturated heterocycles. The number of aryl methyl sites for hydroxylation is 1. The minimum atomic E-state index is -4.36. The molecule has 0 aliphatic rings. The van der Waals surface area contributed by atoms with Crippen molar-refractivity contribution in [2.45, 2.75) is 51.6 Å². The van der Waals surface area contributed by atoms with Crippen LogP contribution in [0.4, 0.5) is 13.2 Å². The van der Waals surface area contributed by atoms with E-state index in [4.69, 9.17) is 4.74 Å². The quantitative estimate of drug-likeness (QED) is 0.619. The summed E-state index contributed by atoms with van der Waals surface area (Å²) in [7, 11) is 1.27. The number of alkyl halides is 3. The van der Waals surface area contributed by atoms with Gasteiger partial charge in [-0.05, 0) is 30.5 Å². The van der Waals surface area contributed by atoms with Crippen LogP contribution < -0.4 is 4.74 Å². The Balaban J connectivity index is 2.62. The topological polar surface area (TPSA) is 9.23 Å². The normalized spacial score (nSPS) is 11.6. The maximum Gasteiger partial charge on any atom is 0.419 e. The van der Waals surface area contributed by atoms with E-state index in [1.807, 2.05) is 0 Å². The Bertz CT molecular complexity index is 385. The molecule has 0 amide bonds. The van der Waals surface area contributed by atoms with Crippen molar-refractivity contribution in [1.82, 2.24) is 0 Å². The third-order valence-electron chi connectivity index (χ3n) is 3.14. The van der Waals surface area contributed by atoms with Crippen LogP contribution >= 0.6 is 0 Å². The smallest absolute Gasteiger partial charge is 0.419 e. The van der Waals surface area contributed by atoms with Crippen molar-refractivity contribution in [3.63, 3.8) is 0 Å². The zero-order valence-corrected chi connectivity index (χ0v) is 11.5. The van der Waals surface area contributed by atoms with Gasteiger partial charge in [0.05, 0.1) is 12.7 Å². The Labute approximate surface area is 112 Å². The van der Waals surface area contributed by atoms with Gasteiger partial charge in [-0.3, -0.25) is 0 Å². The summed E-state index contributed by atoms with van der Waals surface area (Å²) in [5.74, 6) is -0.0847. The van der Waals surface area contributed by atoms with E-state index in [1.54, 1.807) is 6.07 Å². The number of halogens is 3. The number of methoxy groups -OCH3 is 1. The molecule has 1 aromatic rings. The summed E-state index contributed by atoms with van der Waals surface area (Å²) in [5.41, 5.74) is 0.200. The number of benzene rings is 1. The van der Waals surface area contributed by atoms with Crippen molar-refractivity contribution in [1.29, 1.82) is 0 Å². The van der Waals surface area contributed by atoms with Crippen LogP contribution in [-0.4, -0.2) is 7.11 Å². The molecule has 1 rings (SSSR count). The Morgan fingerprint density at radius 3 is 2.32 bits per heavy atom. The van der Waals surface area contributed by atoms with E-state index in [0.29, 0.717) is 0 Å².